The second kappa shape index (κ2) is 10.0. The van der Waals surface area contributed by atoms with Crippen LogP contribution in [-0.4, -0.2) is 5.09 Å². The van der Waals surface area contributed by atoms with E-state index in [0.29, 0.717) is 0 Å². The van der Waals surface area contributed by atoms with Crippen LogP contribution < -0.4 is 18.6 Å². The Hall–Kier alpha value is -0.960. The number of hydrogen-bond donors (Lipinski definition) is 0. The van der Waals surface area contributed by atoms with Crippen molar-refractivity contribution in [2.24, 2.45) is 0 Å². The average molecular weight is 220 g/mol. The van der Waals surface area contributed by atoms with Gasteiger partial charge in [0.05, 0.1) is 5.09 Å². The van der Waals surface area contributed by atoms with Crippen LogP contribution in [0.15, 0.2) is 0 Å². The molecule has 0 heterocycles. The van der Waals surface area contributed by atoms with Gasteiger partial charge in [0.1, 0.15) is 0 Å². The quantitative estimate of drug-likeness (QED) is 0.167. The van der Waals surface area contributed by atoms with Crippen LogP contribution in [0.1, 0.15) is 0 Å². The molecule has 0 bridgehead atoms. The van der Waals surface area contributed by atoms with Crippen molar-refractivity contribution in [3.8, 4) is 5.40 Å². The monoisotopic (exact) mass is 219 g/mol. The minimum atomic E-state index is -4.94. The molecule has 0 aromatic carbocycles. The van der Waals surface area contributed by atoms with Crippen molar-refractivity contribution in [3.63, 3.8) is 0 Å². The Kier molecular flexibility index (Phi) is 14.4. The molecule has 72 valence electrons. The molecule has 0 aliphatic carbocycles. The Morgan fingerprint density at radius 2 is 1.25 bits per heavy atom. The smallest absolute Gasteiger partial charge is 0.0689 e. The Bertz CT molecular complexity index is 138. The van der Waals surface area contributed by atoms with Crippen LogP contribution in [0.4, 0.5) is 0 Å². The summed E-state index contributed by atoms with van der Waals surface area (Å²) in [6, 6.07) is 0. The molecule has 0 aliphatic heterocycles. The minimum Gasteiger partial charge on any atom is -0.696 e. The van der Waals surface area contributed by atoms with E-state index < -0.39 is 15.3 Å². The number of halogens is 1. The summed E-state index contributed by atoms with van der Waals surface area (Å²) < 4.78 is 34.0. The van der Waals surface area contributed by atoms with E-state index in [1.165, 1.54) is 5.40 Å². The summed E-state index contributed by atoms with van der Waals surface area (Å²) in [5.74, 6) is 0. The third-order valence-corrected chi connectivity index (χ3v) is 0. The standard InChI is InChI=1S/CHNS.ClHO4.NO3/c2-1-3;2-1(3,4)5;2-1(3)4/h3H;(H,2,3,4,5);/q;;-1/p-2. The Morgan fingerprint density at radius 3 is 1.25 bits per heavy atom. The van der Waals surface area contributed by atoms with Crippen molar-refractivity contribution in [3.05, 3.63) is 15.3 Å². The summed E-state index contributed by atoms with van der Waals surface area (Å²) in [7, 11) is -4.94. The lowest BCUT2D eigenvalue weighted by Gasteiger charge is -2.17. The summed E-state index contributed by atoms with van der Waals surface area (Å²) in [5, 5.41) is 23.2. The van der Waals surface area contributed by atoms with E-state index in [1.807, 2.05) is 0 Å². The first-order valence-electron chi connectivity index (χ1n) is 1.59. The van der Waals surface area contributed by atoms with Crippen molar-refractivity contribution in [1.29, 1.82) is 5.26 Å². The maximum Gasteiger partial charge on any atom is 0.0689 e. The molecular formula is CClN2O7S-3. The maximum absolute atomic E-state index is 8.49. The molecule has 0 aromatic rings. The molecular weight excluding hydrogens is 220 g/mol. The van der Waals surface area contributed by atoms with Gasteiger partial charge in [-0.2, -0.15) is 0 Å². The van der Waals surface area contributed by atoms with E-state index in [0.717, 1.165) is 0 Å². The van der Waals surface area contributed by atoms with Gasteiger partial charge in [0.15, 0.2) is 0 Å². The number of thiocyanates is 1. The topological polar surface area (TPSA) is 182 Å². The van der Waals surface area contributed by atoms with Gasteiger partial charge in [-0.05, 0) is 0 Å². The molecule has 0 saturated heterocycles. The zero-order valence-corrected chi connectivity index (χ0v) is 6.61. The Balaban J connectivity index is -0.000000105. The van der Waals surface area contributed by atoms with Gasteiger partial charge in [0.2, 0.25) is 0 Å². The summed E-state index contributed by atoms with van der Waals surface area (Å²) in [6.45, 7) is 0. The minimum absolute atomic E-state index is 1.33. The lowest BCUT2D eigenvalue weighted by atomic mass is 11.8. The molecule has 0 aliphatic rings. The van der Waals surface area contributed by atoms with Crippen molar-refractivity contribution >= 4 is 12.6 Å². The highest BCUT2D eigenvalue weighted by Crippen LogP contribution is 1.49. The normalized spacial score (nSPS) is 7.58. The summed E-state index contributed by atoms with van der Waals surface area (Å²) in [6.07, 6.45) is 0. The van der Waals surface area contributed by atoms with E-state index in [9.17, 15) is 0 Å². The molecule has 9 nitrogen and oxygen atoms in total. The lowest BCUT2D eigenvalue weighted by molar-refractivity contribution is -2.00. The van der Waals surface area contributed by atoms with Crippen LogP contribution >= 0.6 is 0 Å². The van der Waals surface area contributed by atoms with Gasteiger partial charge in [0, 0.05) is 0 Å². The van der Waals surface area contributed by atoms with Gasteiger partial charge in [-0.25, -0.2) is 23.9 Å². The number of nitrogens with zero attached hydrogens (tertiary/aromatic N) is 2. The van der Waals surface area contributed by atoms with Crippen LogP contribution in [0.3, 0.4) is 0 Å². The van der Waals surface area contributed by atoms with Gasteiger partial charge >= 0.3 is 0 Å². The van der Waals surface area contributed by atoms with Crippen molar-refractivity contribution in [2.45, 2.75) is 0 Å². The van der Waals surface area contributed by atoms with Crippen LogP contribution in [0.25, 0.3) is 0 Å². The summed E-state index contributed by atoms with van der Waals surface area (Å²) in [5.41, 5.74) is 0. The van der Waals surface area contributed by atoms with Crippen molar-refractivity contribution in [1.82, 2.24) is 0 Å². The predicted molar refractivity (Wildman–Crippen MR) is 23.3 cm³/mol. The molecule has 0 fully saturated rings. The van der Waals surface area contributed by atoms with Gasteiger partial charge in [-0.15, -0.1) is 10.2 Å². The molecule has 0 saturated carbocycles. The van der Waals surface area contributed by atoms with E-state index in [-0.39, 0.29) is 0 Å². The highest BCUT2D eigenvalue weighted by atomic mass is 35.7. The molecule has 0 unspecified atom stereocenters. The van der Waals surface area contributed by atoms with E-state index >= 15 is 0 Å². The van der Waals surface area contributed by atoms with Crippen LogP contribution in [-0.2, 0) is 12.6 Å². The largest absolute Gasteiger partial charge is 0.696 e. The summed E-state index contributed by atoms with van der Waals surface area (Å²) in [4.78, 5) is 8.25. The first kappa shape index (κ1) is 17.2. The molecule has 0 spiro atoms. The fourth-order valence-electron chi connectivity index (χ4n) is 0. The van der Waals surface area contributed by atoms with Gasteiger partial charge in [0.25, 0.3) is 0 Å². The van der Waals surface area contributed by atoms with Crippen molar-refractivity contribution in [2.75, 3.05) is 0 Å². The van der Waals surface area contributed by atoms with Crippen LogP contribution in [0.2, 0.25) is 0 Å². The number of rotatable bonds is 0. The van der Waals surface area contributed by atoms with E-state index in [2.05, 4.69) is 12.6 Å². The molecule has 11 heteroatoms. The molecule has 12 heavy (non-hydrogen) atoms. The fourth-order valence-corrected chi connectivity index (χ4v) is 0. The molecule has 0 radical (unpaired) electrons. The molecule has 0 amide bonds. The molecule has 0 rings (SSSR count). The zero-order chi connectivity index (χ0) is 10.8. The highest BCUT2D eigenvalue weighted by Gasteiger charge is 1.84. The fraction of sp³-hybridized carbons (Fsp3) is 0. The highest BCUT2D eigenvalue weighted by molar-refractivity contribution is 7.64. The predicted octanol–water partition coefficient (Wildman–Crippen LogP) is -4.98. The zero-order valence-electron chi connectivity index (χ0n) is 5.04. The third-order valence-electron chi connectivity index (χ3n) is 0. The third kappa shape index (κ3) is 634. The van der Waals surface area contributed by atoms with Crippen LogP contribution in [0.5, 0.6) is 0 Å². The number of hydrogen-bond acceptors (Lipinski definition) is 9. The van der Waals surface area contributed by atoms with Gasteiger partial charge in [-0.1, -0.05) is 5.40 Å². The van der Waals surface area contributed by atoms with E-state index in [1.54, 1.807) is 0 Å². The van der Waals surface area contributed by atoms with Crippen molar-refractivity contribution < 1.29 is 34.0 Å². The second-order valence-electron chi connectivity index (χ2n) is 0.693. The Labute approximate surface area is 73.3 Å². The first-order valence-corrected chi connectivity index (χ1v) is 3.24. The second-order valence-corrected chi connectivity index (χ2v) is 1.63. The van der Waals surface area contributed by atoms with Gasteiger partial charge in [-0.3, -0.25) is 0 Å². The lowest BCUT2D eigenvalue weighted by Crippen LogP contribution is -2.68. The van der Waals surface area contributed by atoms with Crippen LogP contribution in [0, 0.1) is 36.2 Å². The Morgan fingerprint density at radius 1 is 1.25 bits per heavy atom. The first-order chi connectivity index (χ1) is 5.15. The summed E-state index contributed by atoms with van der Waals surface area (Å²) >= 11 is 3.70. The molecule has 0 N–H and O–H groups in total. The van der Waals surface area contributed by atoms with E-state index in [4.69, 9.17) is 39.2 Å². The SMILES string of the molecule is N#C[S-].O=[N+]([O-])[O-].[O-][Cl+3]([O-])([O-])[O-]. The average Bonchev–Trinajstić information content (AvgIpc) is 1.56. The molecule has 0 atom stereocenters. The molecule has 0 aromatic heterocycles. The number of nitriles is 1. The van der Waals surface area contributed by atoms with Gasteiger partial charge < -0.3 is 28.0 Å². The maximum atomic E-state index is 8.49.